The maximum atomic E-state index is 5.09. The van der Waals surface area contributed by atoms with Crippen LogP contribution < -0.4 is 4.90 Å². The fourth-order valence-corrected chi connectivity index (χ4v) is 4.05. The summed E-state index contributed by atoms with van der Waals surface area (Å²) >= 11 is 0. The first-order chi connectivity index (χ1) is 17.0. The highest BCUT2D eigenvalue weighted by Crippen LogP contribution is 2.35. The fraction of sp³-hybridized carbons (Fsp3) is 0.125. The maximum Gasteiger partial charge on any atom is 0.235 e. The van der Waals surface area contributed by atoms with Crippen LogP contribution in [0.1, 0.15) is 22.3 Å². The summed E-state index contributed by atoms with van der Waals surface area (Å²) in [6.07, 6.45) is 0. The van der Waals surface area contributed by atoms with Gasteiger partial charge in [-0.05, 0) is 58.0 Å². The molecule has 0 aliphatic carbocycles. The smallest absolute Gasteiger partial charge is 0.235 e. The van der Waals surface area contributed by atoms with Gasteiger partial charge < -0.3 is 0 Å². The average molecular weight is 456 g/mol. The van der Waals surface area contributed by atoms with Crippen LogP contribution in [0.5, 0.6) is 0 Å². The molecule has 0 saturated carbocycles. The van der Waals surface area contributed by atoms with Crippen molar-refractivity contribution < 1.29 is 0 Å². The minimum absolute atomic E-state index is 0.645. The molecule has 3 nitrogen and oxygen atoms in total. The van der Waals surface area contributed by atoms with Crippen molar-refractivity contribution in [3.63, 3.8) is 0 Å². The maximum absolute atomic E-state index is 5.09. The minimum atomic E-state index is 0.645. The molecule has 3 heteroatoms. The third-order valence-electron chi connectivity index (χ3n) is 6.19. The molecular weight excluding hydrogens is 426 g/mol. The lowest BCUT2D eigenvalue weighted by molar-refractivity contribution is 1.08. The molecule has 1 aromatic heterocycles. The highest BCUT2D eigenvalue weighted by molar-refractivity contribution is 5.77. The molecule has 0 radical (unpaired) electrons. The zero-order valence-corrected chi connectivity index (χ0v) is 20.7. The van der Waals surface area contributed by atoms with Gasteiger partial charge in [-0.2, -0.15) is 0 Å². The number of aromatic nitrogens is 2. The molecule has 5 rings (SSSR count). The van der Waals surface area contributed by atoms with Crippen molar-refractivity contribution in [3.05, 3.63) is 125 Å². The molecule has 1 heterocycles. The summed E-state index contributed by atoms with van der Waals surface area (Å²) in [5.41, 5.74) is 10.9. The highest BCUT2D eigenvalue weighted by atomic mass is 15.3. The Hall–Kier alpha value is -4.24. The number of anilines is 3. The van der Waals surface area contributed by atoms with Crippen LogP contribution in [0.3, 0.4) is 0 Å². The molecule has 0 amide bonds. The fourth-order valence-electron chi connectivity index (χ4n) is 4.05. The molecule has 172 valence electrons. The number of hydrogen-bond acceptors (Lipinski definition) is 3. The molecule has 0 unspecified atom stereocenters. The molecule has 4 aromatic carbocycles. The topological polar surface area (TPSA) is 29.0 Å². The van der Waals surface area contributed by atoms with Gasteiger partial charge in [-0.3, -0.25) is 4.90 Å². The lowest BCUT2D eigenvalue weighted by Crippen LogP contribution is -2.14. The molecule has 0 bridgehead atoms. The molecule has 0 aliphatic heterocycles. The van der Waals surface area contributed by atoms with E-state index in [0.717, 1.165) is 33.9 Å². The Kier molecular flexibility index (Phi) is 6.15. The monoisotopic (exact) mass is 455 g/mol. The second kappa shape index (κ2) is 9.55. The number of aryl methyl sites for hydroxylation is 4. The number of rotatable bonds is 5. The number of hydrogen-bond donors (Lipinski definition) is 0. The Balaban J connectivity index is 1.74. The van der Waals surface area contributed by atoms with Gasteiger partial charge in [0, 0.05) is 22.5 Å². The van der Waals surface area contributed by atoms with Crippen molar-refractivity contribution in [2.24, 2.45) is 0 Å². The molecule has 0 N–H and O–H groups in total. The van der Waals surface area contributed by atoms with Gasteiger partial charge in [0.2, 0.25) is 5.95 Å². The van der Waals surface area contributed by atoms with E-state index in [9.17, 15) is 0 Å². The molecular formula is C32H29N3. The largest absolute Gasteiger partial charge is 0.279 e. The van der Waals surface area contributed by atoms with E-state index in [1.165, 1.54) is 22.3 Å². The third-order valence-corrected chi connectivity index (χ3v) is 6.19. The quantitative estimate of drug-likeness (QED) is 0.266. The lowest BCUT2D eigenvalue weighted by Gasteiger charge is -2.24. The second-order valence-corrected chi connectivity index (χ2v) is 9.18. The minimum Gasteiger partial charge on any atom is -0.279 e. The Bertz CT molecular complexity index is 1320. The van der Waals surface area contributed by atoms with Crippen molar-refractivity contribution in [2.75, 3.05) is 4.90 Å². The van der Waals surface area contributed by atoms with Gasteiger partial charge in [-0.15, -0.1) is 0 Å². The van der Waals surface area contributed by atoms with Gasteiger partial charge in [0.1, 0.15) is 0 Å². The van der Waals surface area contributed by atoms with Crippen molar-refractivity contribution >= 4 is 17.3 Å². The molecule has 0 aliphatic rings. The first-order valence-corrected chi connectivity index (χ1v) is 11.9. The second-order valence-electron chi connectivity index (χ2n) is 9.18. The first-order valence-electron chi connectivity index (χ1n) is 11.9. The molecule has 35 heavy (non-hydrogen) atoms. The summed E-state index contributed by atoms with van der Waals surface area (Å²) < 4.78 is 0. The van der Waals surface area contributed by atoms with Gasteiger partial charge >= 0.3 is 0 Å². The molecule has 5 aromatic rings. The van der Waals surface area contributed by atoms with Gasteiger partial charge in [-0.25, -0.2) is 9.97 Å². The van der Waals surface area contributed by atoms with Crippen LogP contribution in [-0.4, -0.2) is 9.97 Å². The van der Waals surface area contributed by atoms with Crippen LogP contribution in [-0.2, 0) is 0 Å². The summed E-state index contributed by atoms with van der Waals surface area (Å²) in [6, 6.07) is 36.1. The summed E-state index contributed by atoms with van der Waals surface area (Å²) in [4.78, 5) is 12.3. The van der Waals surface area contributed by atoms with Crippen LogP contribution in [0.4, 0.5) is 17.3 Å². The molecule has 0 atom stereocenters. The summed E-state index contributed by atoms with van der Waals surface area (Å²) in [7, 11) is 0. The van der Waals surface area contributed by atoms with Crippen LogP contribution in [0.25, 0.3) is 22.5 Å². The lowest BCUT2D eigenvalue weighted by atomic mass is 10.1. The normalized spacial score (nSPS) is 10.9. The van der Waals surface area contributed by atoms with Gasteiger partial charge in [0.15, 0.2) is 0 Å². The number of nitrogens with zero attached hydrogens (tertiary/aromatic N) is 3. The van der Waals surface area contributed by atoms with Crippen molar-refractivity contribution in [2.45, 2.75) is 27.7 Å². The highest BCUT2D eigenvalue weighted by Gasteiger charge is 2.18. The molecule has 0 spiro atoms. The molecule has 0 saturated heterocycles. The zero-order valence-electron chi connectivity index (χ0n) is 20.7. The van der Waals surface area contributed by atoms with Gasteiger partial charge in [0.05, 0.1) is 11.4 Å². The van der Waals surface area contributed by atoms with E-state index in [1.807, 2.05) is 0 Å². The van der Waals surface area contributed by atoms with E-state index in [-0.39, 0.29) is 0 Å². The van der Waals surface area contributed by atoms with Crippen LogP contribution in [0.2, 0.25) is 0 Å². The number of benzene rings is 4. The standard InChI is InChI=1S/C32H29N3/c1-22-5-13-26(14-6-22)30-21-31(27-15-7-23(2)8-16-27)34-32(33-30)35(28-17-9-24(3)10-18-28)29-19-11-25(4)12-20-29/h5-21H,1-4H3. The predicted molar refractivity (Wildman–Crippen MR) is 147 cm³/mol. The Labute approximate surface area is 207 Å². The average Bonchev–Trinajstić information content (AvgIpc) is 2.87. The van der Waals surface area contributed by atoms with Gasteiger partial charge in [-0.1, -0.05) is 95.1 Å². The third kappa shape index (κ3) is 4.99. The Morgan fingerprint density at radius 1 is 0.429 bits per heavy atom. The summed E-state index contributed by atoms with van der Waals surface area (Å²) in [5, 5.41) is 0. The van der Waals surface area contributed by atoms with E-state index in [2.05, 4.69) is 136 Å². The molecule has 0 fully saturated rings. The predicted octanol–water partition coefficient (Wildman–Crippen LogP) is 8.51. The van der Waals surface area contributed by atoms with Crippen molar-refractivity contribution in [3.8, 4) is 22.5 Å². The van der Waals surface area contributed by atoms with E-state index in [1.54, 1.807) is 0 Å². The van der Waals surface area contributed by atoms with Crippen LogP contribution in [0.15, 0.2) is 103 Å². The van der Waals surface area contributed by atoms with E-state index in [0.29, 0.717) is 5.95 Å². The summed E-state index contributed by atoms with van der Waals surface area (Å²) in [5.74, 6) is 0.645. The summed E-state index contributed by atoms with van der Waals surface area (Å²) in [6.45, 7) is 8.40. The Morgan fingerprint density at radius 2 is 0.743 bits per heavy atom. The van der Waals surface area contributed by atoms with E-state index in [4.69, 9.17) is 9.97 Å². The van der Waals surface area contributed by atoms with Crippen LogP contribution in [0, 0.1) is 27.7 Å². The first kappa shape index (κ1) is 22.5. The SMILES string of the molecule is Cc1ccc(-c2cc(-c3ccc(C)cc3)nc(N(c3ccc(C)cc3)c3ccc(C)cc3)n2)cc1. The Morgan fingerprint density at radius 3 is 1.09 bits per heavy atom. The zero-order chi connectivity index (χ0) is 24.4. The van der Waals surface area contributed by atoms with E-state index < -0.39 is 0 Å². The van der Waals surface area contributed by atoms with Gasteiger partial charge in [0.25, 0.3) is 0 Å². The van der Waals surface area contributed by atoms with Crippen LogP contribution >= 0.6 is 0 Å². The van der Waals surface area contributed by atoms with Crippen molar-refractivity contribution in [1.82, 2.24) is 9.97 Å². The van der Waals surface area contributed by atoms with E-state index >= 15 is 0 Å². The van der Waals surface area contributed by atoms with Crippen molar-refractivity contribution in [1.29, 1.82) is 0 Å².